The van der Waals surface area contributed by atoms with E-state index >= 15 is 0 Å². The van der Waals surface area contributed by atoms with Gasteiger partial charge in [-0.2, -0.15) is 0 Å². The molecule has 0 amide bonds. The van der Waals surface area contributed by atoms with Crippen molar-refractivity contribution in [3.8, 4) is 0 Å². The van der Waals surface area contributed by atoms with Crippen LogP contribution >= 0.6 is 0 Å². The molecule has 2 heteroatoms. The number of rotatable bonds is 6. The summed E-state index contributed by atoms with van der Waals surface area (Å²) < 4.78 is 0. The van der Waals surface area contributed by atoms with E-state index < -0.39 is 0 Å². The summed E-state index contributed by atoms with van der Waals surface area (Å²) in [5.41, 5.74) is 0. The van der Waals surface area contributed by atoms with Crippen LogP contribution in [0.15, 0.2) is 0 Å². The van der Waals surface area contributed by atoms with Crippen molar-refractivity contribution >= 4 is 0 Å². The van der Waals surface area contributed by atoms with E-state index in [1.54, 1.807) is 0 Å². The summed E-state index contributed by atoms with van der Waals surface area (Å²) >= 11 is 0. The van der Waals surface area contributed by atoms with E-state index in [1.165, 1.54) is 0 Å². The molecule has 0 spiro atoms. The number of hydrogen-bond donors (Lipinski definition) is 2. The molecule has 74 valence electrons. The van der Waals surface area contributed by atoms with Gasteiger partial charge in [-0.15, -0.1) is 0 Å². The van der Waals surface area contributed by atoms with E-state index in [9.17, 15) is 0 Å². The van der Waals surface area contributed by atoms with Gasteiger partial charge in [0.15, 0.2) is 0 Å². The molecule has 0 fully saturated rings. The van der Waals surface area contributed by atoms with Crippen molar-refractivity contribution in [2.45, 2.75) is 52.6 Å². The van der Waals surface area contributed by atoms with Gasteiger partial charge in [0.25, 0.3) is 0 Å². The van der Waals surface area contributed by atoms with Gasteiger partial charge in [0, 0.05) is 12.1 Å². The van der Waals surface area contributed by atoms with Crippen LogP contribution in [0.25, 0.3) is 0 Å². The predicted molar refractivity (Wildman–Crippen MR) is 53.2 cm³/mol. The molecule has 0 bridgehead atoms. The number of aliphatic hydroxyl groups is 1. The largest absolute Gasteiger partial charge is 0.395 e. The third kappa shape index (κ3) is 4.07. The maximum Gasteiger partial charge on any atom is 0.0584 e. The van der Waals surface area contributed by atoms with Crippen molar-refractivity contribution in [3.05, 3.63) is 0 Å². The Morgan fingerprint density at radius 1 is 1.17 bits per heavy atom. The molecule has 0 saturated carbocycles. The Morgan fingerprint density at radius 2 is 1.75 bits per heavy atom. The third-order valence-corrected chi connectivity index (χ3v) is 2.41. The van der Waals surface area contributed by atoms with Gasteiger partial charge in [0.05, 0.1) is 6.61 Å². The topological polar surface area (TPSA) is 32.3 Å². The molecule has 0 aromatic rings. The predicted octanol–water partition coefficient (Wildman–Crippen LogP) is 1.78. The van der Waals surface area contributed by atoms with Crippen LogP contribution in [0.2, 0.25) is 0 Å². The summed E-state index contributed by atoms with van der Waals surface area (Å²) in [5, 5.41) is 12.4. The van der Waals surface area contributed by atoms with Crippen molar-refractivity contribution in [2.24, 2.45) is 5.92 Å². The average molecular weight is 173 g/mol. The molecule has 2 nitrogen and oxygen atoms in total. The number of aliphatic hydroxyl groups excluding tert-OH is 1. The number of nitrogens with one attached hydrogen (secondary N) is 1. The van der Waals surface area contributed by atoms with E-state index in [0.29, 0.717) is 12.0 Å². The Morgan fingerprint density at radius 3 is 2.00 bits per heavy atom. The van der Waals surface area contributed by atoms with Gasteiger partial charge in [-0.05, 0) is 18.8 Å². The maximum atomic E-state index is 8.99. The minimum Gasteiger partial charge on any atom is -0.395 e. The summed E-state index contributed by atoms with van der Waals surface area (Å²) in [6.07, 6.45) is 2.13. The van der Waals surface area contributed by atoms with Crippen LogP contribution in [0.1, 0.15) is 40.5 Å². The normalized spacial score (nSPS) is 16.5. The summed E-state index contributed by atoms with van der Waals surface area (Å²) in [7, 11) is 0. The first-order valence-corrected chi connectivity index (χ1v) is 5.02. The van der Waals surface area contributed by atoms with Crippen LogP contribution in [0.5, 0.6) is 0 Å². The minimum atomic E-state index is 0.250. The zero-order valence-corrected chi connectivity index (χ0v) is 8.80. The van der Waals surface area contributed by atoms with Gasteiger partial charge < -0.3 is 10.4 Å². The van der Waals surface area contributed by atoms with Crippen LogP contribution in [-0.2, 0) is 0 Å². The van der Waals surface area contributed by atoms with E-state index in [0.717, 1.165) is 12.8 Å². The highest BCUT2D eigenvalue weighted by Gasteiger charge is 2.14. The van der Waals surface area contributed by atoms with Crippen molar-refractivity contribution in [1.29, 1.82) is 0 Å². The molecule has 0 aliphatic carbocycles. The molecule has 0 aliphatic rings. The molecular weight excluding hydrogens is 150 g/mol. The maximum absolute atomic E-state index is 8.99. The monoisotopic (exact) mass is 173 g/mol. The van der Waals surface area contributed by atoms with Crippen LogP contribution in [-0.4, -0.2) is 23.8 Å². The zero-order chi connectivity index (χ0) is 9.56. The minimum absolute atomic E-state index is 0.250. The zero-order valence-electron chi connectivity index (χ0n) is 8.80. The van der Waals surface area contributed by atoms with Crippen LogP contribution in [0.4, 0.5) is 0 Å². The Bertz CT molecular complexity index is 100. The highest BCUT2D eigenvalue weighted by molar-refractivity contribution is 4.74. The van der Waals surface area contributed by atoms with Gasteiger partial charge >= 0.3 is 0 Å². The van der Waals surface area contributed by atoms with Crippen LogP contribution in [0.3, 0.4) is 0 Å². The Hall–Kier alpha value is -0.0800. The SMILES string of the molecule is CC[C@H](CO)N[C@@H](CC)C(C)C. The molecule has 2 atom stereocenters. The summed E-state index contributed by atoms with van der Waals surface area (Å²) in [4.78, 5) is 0. The van der Waals surface area contributed by atoms with E-state index in [4.69, 9.17) is 5.11 Å². The quantitative estimate of drug-likeness (QED) is 0.641. The molecule has 0 radical (unpaired) electrons. The van der Waals surface area contributed by atoms with Gasteiger partial charge in [-0.1, -0.05) is 27.7 Å². The molecule has 0 aromatic heterocycles. The second kappa shape index (κ2) is 6.44. The fraction of sp³-hybridized carbons (Fsp3) is 1.00. The van der Waals surface area contributed by atoms with E-state index in [2.05, 4.69) is 33.0 Å². The lowest BCUT2D eigenvalue weighted by molar-refractivity contribution is 0.214. The lowest BCUT2D eigenvalue weighted by atomic mass is 10.0. The van der Waals surface area contributed by atoms with Crippen molar-refractivity contribution in [3.63, 3.8) is 0 Å². The molecule has 0 aliphatic heterocycles. The Balaban J connectivity index is 3.82. The Labute approximate surface area is 76.4 Å². The summed E-state index contributed by atoms with van der Waals surface area (Å²) in [6, 6.07) is 0.819. The lowest BCUT2D eigenvalue weighted by Crippen LogP contribution is -2.42. The molecular formula is C10H23NO. The highest BCUT2D eigenvalue weighted by atomic mass is 16.3. The van der Waals surface area contributed by atoms with Crippen molar-refractivity contribution in [1.82, 2.24) is 5.32 Å². The third-order valence-electron chi connectivity index (χ3n) is 2.41. The highest BCUT2D eigenvalue weighted by Crippen LogP contribution is 2.07. The number of hydrogen-bond acceptors (Lipinski definition) is 2. The first kappa shape index (κ1) is 11.9. The van der Waals surface area contributed by atoms with Crippen LogP contribution < -0.4 is 5.32 Å². The summed E-state index contributed by atoms with van der Waals surface area (Å²) in [6.45, 7) is 8.96. The first-order chi connectivity index (χ1) is 5.65. The second-order valence-electron chi connectivity index (χ2n) is 3.71. The van der Waals surface area contributed by atoms with E-state index in [1.807, 2.05) is 0 Å². The molecule has 2 N–H and O–H groups in total. The summed E-state index contributed by atoms with van der Waals surface area (Å²) in [5.74, 6) is 0.649. The standard InChI is InChI=1S/C10H23NO/c1-5-9(7-12)11-10(6-2)8(3)4/h8-12H,5-7H2,1-4H3/t9-,10+/m1/s1. The first-order valence-electron chi connectivity index (χ1n) is 5.02. The van der Waals surface area contributed by atoms with Gasteiger partial charge in [0.2, 0.25) is 0 Å². The van der Waals surface area contributed by atoms with Crippen molar-refractivity contribution in [2.75, 3.05) is 6.61 Å². The molecule has 0 aromatic carbocycles. The second-order valence-corrected chi connectivity index (χ2v) is 3.71. The van der Waals surface area contributed by atoms with Gasteiger partial charge in [-0.25, -0.2) is 0 Å². The van der Waals surface area contributed by atoms with Gasteiger partial charge in [-0.3, -0.25) is 0 Å². The average Bonchev–Trinajstić information content (AvgIpc) is 2.06. The fourth-order valence-corrected chi connectivity index (χ4v) is 1.38. The molecule has 0 saturated heterocycles. The fourth-order valence-electron chi connectivity index (χ4n) is 1.38. The lowest BCUT2D eigenvalue weighted by Gasteiger charge is -2.25. The molecule has 0 heterocycles. The van der Waals surface area contributed by atoms with E-state index in [-0.39, 0.29) is 12.6 Å². The molecule has 0 unspecified atom stereocenters. The molecule has 0 rings (SSSR count). The molecule has 12 heavy (non-hydrogen) atoms. The van der Waals surface area contributed by atoms with Crippen LogP contribution in [0, 0.1) is 5.92 Å². The Kier molecular flexibility index (Phi) is 6.39. The smallest absolute Gasteiger partial charge is 0.0584 e. The van der Waals surface area contributed by atoms with Crippen molar-refractivity contribution < 1.29 is 5.11 Å². The van der Waals surface area contributed by atoms with Gasteiger partial charge in [0.1, 0.15) is 0 Å².